The third-order valence-corrected chi connectivity index (χ3v) is 4.38. The zero-order valence-corrected chi connectivity index (χ0v) is 12.3. The summed E-state index contributed by atoms with van der Waals surface area (Å²) in [4.78, 5) is 20.2. The summed E-state index contributed by atoms with van der Waals surface area (Å²) in [5.74, 6) is -0.826. The summed E-state index contributed by atoms with van der Waals surface area (Å²) in [6, 6.07) is 2.02. The van der Waals surface area contributed by atoms with Gasteiger partial charge in [0.1, 0.15) is 21.5 Å². The fourth-order valence-corrected chi connectivity index (χ4v) is 3.06. The molecule has 1 N–H and O–H groups in total. The number of carbonyl (C=O) groups is 1. The molecular formula is C9H8Cl2N2O6S. The van der Waals surface area contributed by atoms with E-state index < -0.39 is 43.1 Å². The van der Waals surface area contributed by atoms with E-state index in [0.717, 1.165) is 19.2 Å². The number of sulfonamides is 1. The molecule has 8 nitrogen and oxygen atoms in total. The van der Waals surface area contributed by atoms with Crippen LogP contribution in [0.1, 0.15) is 0 Å². The van der Waals surface area contributed by atoms with E-state index in [1.165, 1.54) is 0 Å². The molecule has 0 bridgehead atoms. The highest BCUT2D eigenvalue weighted by atomic mass is 35.5. The van der Waals surface area contributed by atoms with Gasteiger partial charge >= 0.3 is 11.7 Å². The summed E-state index contributed by atoms with van der Waals surface area (Å²) < 4.78 is 29.9. The Morgan fingerprint density at radius 2 is 2.05 bits per heavy atom. The molecular weight excluding hydrogens is 335 g/mol. The Hall–Kier alpha value is -1.42. The zero-order chi connectivity index (χ0) is 15.5. The molecule has 0 fully saturated rings. The van der Waals surface area contributed by atoms with Gasteiger partial charge in [0.25, 0.3) is 0 Å². The van der Waals surface area contributed by atoms with Crippen molar-refractivity contribution in [2.45, 2.75) is 4.90 Å². The van der Waals surface area contributed by atoms with Crippen molar-refractivity contribution in [2.75, 3.05) is 13.7 Å². The van der Waals surface area contributed by atoms with Crippen molar-refractivity contribution in [3.05, 3.63) is 32.3 Å². The summed E-state index contributed by atoms with van der Waals surface area (Å²) in [7, 11) is -3.13. The molecule has 0 amide bonds. The predicted octanol–water partition coefficient (Wildman–Crippen LogP) is 1.35. The maximum absolute atomic E-state index is 11.9. The summed E-state index contributed by atoms with van der Waals surface area (Å²) in [5.41, 5.74) is -0.728. The fraction of sp³-hybridized carbons (Fsp3) is 0.222. The molecule has 1 rings (SSSR count). The molecule has 110 valence electrons. The molecule has 0 atom stereocenters. The van der Waals surface area contributed by atoms with E-state index in [9.17, 15) is 23.3 Å². The van der Waals surface area contributed by atoms with Gasteiger partial charge < -0.3 is 4.74 Å². The number of halogens is 2. The number of nitro groups is 1. The number of benzene rings is 1. The van der Waals surface area contributed by atoms with E-state index in [2.05, 4.69) is 4.74 Å². The van der Waals surface area contributed by atoms with Crippen molar-refractivity contribution in [1.82, 2.24) is 4.72 Å². The lowest BCUT2D eigenvalue weighted by atomic mass is 10.3. The van der Waals surface area contributed by atoms with E-state index in [1.807, 2.05) is 4.72 Å². The predicted molar refractivity (Wildman–Crippen MR) is 70.3 cm³/mol. The molecule has 1 aromatic rings. The van der Waals surface area contributed by atoms with Crippen LogP contribution < -0.4 is 4.72 Å². The lowest BCUT2D eigenvalue weighted by molar-refractivity contribution is -0.384. The Morgan fingerprint density at radius 3 is 2.55 bits per heavy atom. The molecule has 0 aliphatic carbocycles. The number of hydrogen-bond acceptors (Lipinski definition) is 6. The SMILES string of the molecule is COC(=O)CNS(=O)(=O)c1ccc(Cl)c([N+](=O)[O-])c1Cl. The van der Waals surface area contributed by atoms with Crippen LogP contribution in [0.25, 0.3) is 0 Å². The molecule has 0 radical (unpaired) electrons. The van der Waals surface area contributed by atoms with Crippen LogP contribution in [0.2, 0.25) is 10.0 Å². The number of rotatable bonds is 5. The first kappa shape index (κ1) is 16.6. The molecule has 0 saturated carbocycles. The maximum Gasteiger partial charge on any atom is 0.320 e. The molecule has 0 heterocycles. The number of methoxy groups -OCH3 is 1. The summed E-state index contributed by atoms with van der Waals surface area (Å²) in [6.45, 7) is -0.633. The van der Waals surface area contributed by atoms with Crippen LogP contribution in [0, 0.1) is 10.1 Å². The van der Waals surface area contributed by atoms with Gasteiger partial charge in [0, 0.05) is 0 Å². The topological polar surface area (TPSA) is 116 Å². The van der Waals surface area contributed by atoms with E-state index >= 15 is 0 Å². The van der Waals surface area contributed by atoms with Gasteiger partial charge in [-0.05, 0) is 12.1 Å². The third kappa shape index (κ3) is 3.57. The second-order valence-corrected chi connectivity index (χ2v) is 5.89. The first-order valence-electron chi connectivity index (χ1n) is 4.89. The van der Waals surface area contributed by atoms with E-state index in [4.69, 9.17) is 23.2 Å². The van der Waals surface area contributed by atoms with Gasteiger partial charge in [0.05, 0.1) is 12.0 Å². The van der Waals surface area contributed by atoms with Gasteiger partial charge in [0.15, 0.2) is 0 Å². The Kier molecular flexibility index (Phi) is 5.28. The Labute approximate surface area is 123 Å². The highest BCUT2D eigenvalue weighted by molar-refractivity contribution is 7.89. The van der Waals surface area contributed by atoms with Crippen LogP contribution in [-0.2, 0) is 19.6 Å². The second-order valence-electron chi connectivity index (χ2n) is 3.37. The van der Waals surface area contributed by atoms with Crippen LogP contribution in [-0.4, -0.2) is 33.0 Å². The first-order valence-corrected chi connectivity index (χ1v) is 7.13. The average Bonchev–Trinajstić information content (AvgIpc) is 2.35. The standard InChI is InChI=1S/C9H8Cl2N2O6S/c1-19-7(14)4-12-20(17,18)6-3-2-5(10)9(8(6)11)13(15)16/h2-3,12H,4H2,1H3. The largest absolute Gasteiger partial charge is 0.468 e. The number of nitrogens with one attached hydrogen (secondary N) is 1. The van der Waals surface area contributed by atoms with Crippen LogP contribution >= 0.6 is 23.2 Å². The summed E-state index contributed by atoms with van der Waals surface area (Å²) in [5, 5.41) is 9.84. The zero-order valence-electron chi connectivity index (χ0n) is 9.92. The van der Waals surface area contributed by atoms with E-state index in [0.29, 0.717) is 0 Å². The Balaban J connectivity index is 3.23. The monoisotopic (exact) mass is 342 g/mol. The molecule has 0 aliphatic rings. The number of nitrogens with zero attached hydrogens (tertiary/aromatic N) is 1. The lowest BCUT2D eigenvalue weighted by Gasteiger charge is -2.08. The number of hydrogen-bond donors (Lipinski definition) is 1. The smallest absolute Gasteiger partial charge is 0.320 e. The third-order valence-electron chi connectivity index (χ3n) is 2.14. The number of nitro benzene ring substituents is 1. The first-order chi connectivity index (χ1) is 9.20. The molecule has 0 saturated heterocycles. The number of ether oxygens (including phenoxy) is 1. The Bertz CT molecular complexity index is 661. The minimum Gasteiger partial charge on any atom is -0.468 e. The van der Waals surface area contributed by atoms with Crippen molar-refractivity contribution in [3.63, 3.8) is 0 Å². The quantitative estimate of drug-likeness (QED) is 0.490. The minimum absolute atomic E-state index is 0.299. The molecule has 11 heteroatoms. The van der Waals surface area contributed by atoms with Crippen molar-refractivity contribution in [3.8, 4) is 0 Å². The van der Waals surface area contributed by atoms with Crippen LogP contribution in [0.3, 0.4) is 0 Å². The van der Waals surface area contributed by atoms with Crippen molar-refractivity contribution >= 4 is 44.9 Å². The van der Waals surface area contributed by atoms with Gasteiger partial charge in [-0.15, -0.1) is 0 Å². The van der Waals surface area contributed by atoms with Gasteiger partial charge in [-0.2, -0.15) is 4.72 Å². The normalized spacial score (nSPS) is 11.2. The van der Waals surface area contributed by atoms with E-state index in [-0.39, 0.29) is 5.02 Å². The second kappa shape index (κ2) is 6.35. The molecule has 0 unspecified atom stereocenters. The molecule has 20 heavy (non-hydrogen) atoms. The molecule has 0 spiro atoms. The molecule has 1 aromatic carbocycles. The van der Waals surface area contributed by atoms with Crippen LogP contribution in [0.15, 0.2) is 17.0 Å². The highest BCUT2D eigenvalue weighted by Gasteiger charge is 2.28. The fourth-order valence-electron chi connectivity index (χ4n) is 1.20. The van der Waals surface area contributed by atoms with Crippen molar-refractivity contribution in [1.29, 1.82) is 0 Å². The van der Waals surface area contributed by atoms with Gasteiger partial charge in [-0.25, -0.2) is 8.42 Å². The van der Waals surface area contributed by atoms with Crippen molar-refractivity contribution in [2.24, 2.45) is 0 Å². The van der Waals surface area contributed by atoms with E-state index in [1.54, 1.807) is 0 Å². The van der Waals surface area contributed by atoms with Gasteiger partial charge in [-0.1, -0.05) is 23.2 Å². The Morgan fingerprint density at radius 1 is 1.45 bits per heavy atom. The molecule has 0 aliphatic heterocycles. The summed E-state index contributed by atoms with van der Waals surface area (Å²) >= 11 is 11.3. The van der Waals surface area contributed by atoms with Crippen LogP contribution in [0.5, 0.6) is 0 Å². The highest BCUT2D eigenvalue weighted by Crippen LogP contribution is 2.36. The van der Waals surface area contributed by atoms with Crippen molar-refractivity contribution < 1.29 is 22.9 Å². The van der Waals surface area contributed by atoms with Gasteiger partial charge in [-0.3, -0.25) is 14.9 Å². The van der Waals surface area contributed by atoms with Crippen LogP contribution in [0.4, 0.5) is 5.69 Å². The molecule has 0 aromatic heterocycles. The number of esters is 1. The average molecular weight is 343 g/mol. The number of carbonyl (C=O) groups excluding carboxylic acids is 1. The maximum atomic E-state index is 11.9. The lowest BCUT2D eigenvalue weighted by Crippen LogP contribution is -2.30. The summed E-state index contributed by atoms with van der Waals surface area (Å²) in [6.07, 6.45) is 0. The minimum atomic E-state index is -4.21. The van der Waals surface area contributed by atoms with Gasteiger partial charge in [0.2, 0.25) is 10.0 Å².